The van der Waals surface area contributed by atoms with E-state index < -0.39 is 0 Å². The van der Waals surface area contributed by atoms with E-state index in [9.17, 15) is 9.90 Å². The van der Waals surface area contributed by atoms with Gasteiger partial charge < -0.3 is 19.6 Å². The molecule has 1 fully saturated rings. The average molecular weight is 295 g/mol. The predicted molar refractivity (Wildman–Crippen MR) is 79.1 cm³/mol. The third-order valence-corrected chi connectivity index (χ3v) is 4.41. The number of methoxy groups -OCH3 is 1. The Labute approximate surface area is 125 Å². The number of ether oxygens (including phenoxy) is 1. The molecule has 2 atom stereocenters. The molecule has 0 spiro atoms. The van der Waals surface area contributed by atoms with Crippen LogP contribution in [0.4, 0.5) is 0 Å². The number of furan rings is 1. The van der Waals surface area contributed by atoms with Gasteiger partial charge in [-0.2, -0.15) is 0 Å². The number of aryl methyl sites for hydroxylation is 1. The summed E-state index contributed by atoms with van der Waals surface area (Å²) < 4.78 is 10.3. The molecule has 1 heterocycles. The molecule has 1 aromatic rings. The minimum Gasteiger partial charge on any atom is -0.465 e. The Morgan fingerprint density at radius 3 is 3.00 bits per heavy atom. The Morgan fingerprint density at radius 2 is 2.38 bits per heavy atom. The molecule has 1 saturated carbocycles. The maximum Gasteiger partial charge on any atom is 0.341 e. The quantitative estimate of drug-likeness (QED) is 0.816. The van der Waals surface area contributed by atoms with Crippen LogP contribution >= 0.6 is 0 Å². The molecule has 2 rings (SSSR count). The number of hydrogen-bond acceptors (Lipinski definition) is 5. The lowest BCUT2D eigenvalue weighted by molar-refractivity contribution is 0.0599. The van der Waals surface area contributed by atoms with Gasteiger partial charge in [0.1, 0.15) is 17.1 Å². The summed E-state index contributed by atoms with van der Waals surface area (Å²) in [6.07, 6.45) is 4.28. The summed E-state index contributed by atoms with van der Waals surface area (Å²) in [6, 6.07) is 1.71. The van der Waals surface area contributed by atoms with Crippen molar-refractivity contribution >= 4 is 5.97 Å². The van der Waals surface area contributed by atoms with Crippen LogP contribution < -0.4 is 5.32 Å². The van der Waals surface area contributed by atoms with Crippen molar-refractivity contribution in [2.75, 3.05) is 13.7 Å². The maximum atomic E-state index is 11.6. The minimum atomic E-state index is -0.384. The van der Waals surface area contributed by atoms with E-state index in [1.54, 1.807) is 13.0 Å². The van der Waals surface area contributed by atoms with Gasteiger partial charge in [-0.05, 0) is 31.7 Å². The molecule has 5 heteroatoms. The first-order chi connectivity index (χ1) is 9.99. The summed E-state index contributed by atoms with van der Waals surface area (Å²) in [6.45, 7) is 4.60. The standard InChI is InChI=1S/C16H25NO4/c1-11-5-4-6-16(8-11,10-18)17-9-13-7-14(12(2)21-13)15(19)20-3/h7,11,17-18H,4-6,8-10H2,1-3H3. The van der Waals surface area contributed by atoms with E-state index in [-0.39, 0.29) is 18.1 Å². The van der Waals surface area contributed by atoms with Gasteiger partial charge in [0.15, 0.2) is 0 Å². The van der Waals surface area contributed by atoms with Gasteiger partial charge in [-0.25, -0.2) is 4.79 Å². The van der Waals surface area contributed by atoms with Crippen molar-refractivity contribution in [1.82, 2.24) is 5.32 Å². The molecule has 2 unspecified atom stereocenters. The van der Waals surface area contributed by atoms with E-state index in [2.05, 4.69) is 12.2 Å². The molecule has 0 radical (unpaired) electrons. The Morgan fingerprint density at radius 1 is 1.62 bits per heavy atom. The van der Waals surface area contributed by atoms with Crippen molar-refractivity contribution in [3.05, 3.63) is 23.2 Å². The second kappa shape index (κ2) is 6.62. The van der Waals surface area contributed by atoms with Crippen molar-refractivity contribution in [3.8, 4) is 0 Å². The Hall–Kier alpha value is -1.33. The molecule has 0 aliphatic heterocycles. The normalized spacial score (nSPS) is 25.8. The van der Waals surface area contributed by atoms with Crippen molar-refractivity contribution < 1.29 is 19.1 Å². The number of aliphatic hydroxyl groups is 1. The van der Waals surface area contributed by atoms with E-state index in [0.29, 0.717) is 29.5 Å². The molecular weight excluding hydrogens is 270 g/mol. The molecule has 0 bridgehead atoms. The molecule has 0 aromatic carbocycles. The van der Waals surface area contributed by atoms with E-state index >= 15 is 0 Å². The summed E-state index contributed by atoms with van der Waals surface area (Å²) in [4.78, 5) is 11.6. The van der Waals surface area contributed by atoms with Crippen LogP contribution in [0.1, 0.15) is 54.5 Å². The predicted octanol–water partition coefficient (Wildman–Crippen LogP) is 2.41. The van der Waals surface area contributed by atoms with Gasteiger partial charge >= 0.3 is 5.97 Å². The molecule has 0 amide bonds. The van der Waals surface area contributed by atoms with Gasteiger partial charge in [-0.3, -0.25) is 0 Å². The van der Waals surface area contributed by atoms with Crippen LogP contribution in [0.2, 0.25) is 0 Å². The summed E-state index contributed by atoms with van der Waals surface area (Å²) in [7, 11) is 1.36. The maximum absolute atomic E-state index is 11.6. The van der Waals surface area contributed by atoms with E-state index in [4.69, 9.17) is 9.15 Å². The van der Waals surface area contributed by atoms with E-state index in [0.717, 1.165) is 19.3 Å². The fourth-order valence-electron chi connectivity index (χ4n) is 3.24. The molecular formula is C16H25NO4. The highest BCUT2D eigenvalue weighted by atomic mass is 16.5. The highest BCUT2D eigenvalue weighted by Crippen LogP contribution is 2.32. The minimum absolute atomic E-state index is 0.126. The van der Waals surface area contributed by atoms with Crippen LogP contribution in [-0.2, 0) is 11.3 Å². The van der Waals surface area contributed by atoms with Crippen LogP contribution in [-0.4, -0.2) is 30.3 Å². The number of nitrogens with one attached hydrogen (secondary N) is 1. The summed E-state index contributed by atoms with van der Waals surface area (Å²) in [5.74, 6) is 1.49. The smallest absolute Gasteiger partial charge is 0.341 e. The molecule has 1 aliphatic carbocycles. The van der Waals surface area contributed by atoms with Gasteiger partial charge in [0.05, 0.1) is 20.3 Å². The Balaban J connectivity index is 2.03. The summed E-state index contributed by atoms with van der Waals surface area (Å²) in [5, 5.41) is 13.2. The van der Waals surface area contributed by atoms with Crippen LogP contribution in [0.15, 0.2) is 10.5 Å². The zero-order valence-electron chi connectivity index (χ0n) is 13.1. The van der Waals surface area contributed by atoms with Crippen LogP contribution in [0.5, 0.6) is 0 Å². The first-order valence-electron chi connectivity index (χ1n) is 7.53. The topological polar surface area (TPSA) is 71.7 Å². The molecule has 1 aliphatic rings. The van der Waals surface area contributed by atoms with Gasteiger partial charge in [0, 0.05) is 5.54 Å². The van der Waals surface area contributed by atoms with Gasteiger partial charge in [-0.1, -0.05) is 19.8 Å². The number of esters is 1. The van der Waals surface area contributed by atoms with Crippen LogP contribution in [0.3, 0.4) is 0 Å². The highest BCUT2D eigenvalue weighted by molar-refractivity contribution is 5.90. The third-order valence-electron chi connectivity index (χ3n) is 4.41. The van der Waals surface area contributed by atoms with E-state index in [1.807, 2.05) is 0 Å². The molecule has 2 N–H and O–H groups in total. The van der Waals surface area contributed by atoms with Crippen molar-refractivity contribution in [2.24, 2.45) is 5.92 Å². The average Bonchev–Trinajstić information content (AvgIpc) is 2.85. The van der Waals surface area contributed by atoms with Gasteiger partial charge in [-0.15, -0.1) is 0 Å². The van der Waals surface area contributed by atoms with Crippen molar-refractivity contribution in [3.63, 3.8) is 0 Å². The molecule has 21 heavy (non-hydrogen) atoms. The van der Waals surface area contributed by atoms with Gasteiger partial charge in [0.2, 0.25) is 0 Å². The number of carbonyl (C=O) groups excluding carboxylic acids is 1. The highest BCUT2D eigenvalue weighted by Gasteiger charge is 2.34. The zero-order chi connectivity index (χ0) is 15.5. The SMILES string of the molecule is COC(=O)c1cc(CNC2(CO)CCCC(C)C2)oc1C. The fraction of sp³-hybridized carbons (Fsp3) is 0.688. The lowest BCUT2D eigenvalue weighted by Crippen LogP contribution is -2.51. The van der Waals surface area contributed by atoms with Crippen LogP contribution in [0, 0.1) is 12.8 Å². The second-order valence-corrected chi connectivity index (χ2v) is 6.17. The fourth-order valence-corrected chi connectivity index (χ4v) is 3.24. The third kappa shape index (κ3) is 3.66. The van der Waals surface area contributed by atoms with E-state index in [1.165, 1.54) is 13.5 Å². The van der Waals surface area contributed by atoms with Crippen LogP contribution in [0.25, 0.3) is 0 Å². The summed E-state index contributed by atoms with van der Waals surface area (Å²) >= 11 is 0. The molecule has 0 saturated heterocycles. The monoisotopic (exact) mass is 295 g/mol. The molecule has 1 aromatic heterocycles. The Kier molecular flexibility index (Phi) is 5.06. The van der Waals surface area contributed by atoms with Crippen molar-refractivity contribution in [1.29, 1.82) is 0 Å². The zero-order valence-corrected chi connectivity index (χ0v) is 13.1. The second-order valence-electron chi connectivity index (χ2n) is 6.17. The van der Waals surface area contributed by atoms with Crippen molar-refractivity contribution in [2.45, 2.75) is 51.6 Å². The molecule has 5 nitrogen and oxygen atoms in total. The number of carbonyl (C=O) groups is 1. The van der Waals surface area contributed by atoms with Gasteiger partial charge in [0.25, 0.3) is 0 Å². The largest absolute Gasteiger partial charge is 0.465 e. The first kappa shape index (κ1) is 16.0. The number of hydrogen-bond donors (Lipinski definition) is 2. The lowest BCUT2D eigenvalue weighted by Gasteiger charge is -2.39. The summed E-state index contributed by atoms with van der Waals surface area (Å²) in [5.41, 5.74) is 0.230. The lowest BCUT2D eigenvalue weighted by atomic mass is 9.77. The number of rotatable bonds is 5. The molecule has 118 valence electrons. The first-order valence-corrected chi connectivity index (χ1v) is 7.53. The number of aliphatic hydroxyl groups excluding tert-OH is 1. The Bertz CT molecular complexity index is 496.